The summed E-state index contributed by atoms with van der Waals surface area (Å²) in [6, 6.07) is 5.62. The van der Waals surface area contributed by atoms with Gasteiger partial charge in [0.1, 0.15) is 0 Å². The van der Waals surface area contributed by atoms with Crippen molar-refractivity contribution in [1.82, 2.24) is 0 Å². The lowest BCUT2D eigenvalue weighted by Gasteiger charge is -2.31. The summed E-state index contributed by atoms with van der Waals surface area (Å²) in [4.78, 5) is 11.8. The fourth-order valence-electron chi connectivity index (χ4n) is 2.65. The second kappa shape index (κ2) is 6.29. The summed E-state index contributed by atoms with van der Waals surface area (Å²) >= 11 is 6.03. The van der Waals surface area contributed by atoms with Crippen LogP contribution in [0.2, 0.25) is 5.02 Å². The molecule has 0 aromatic heterocycles. The van der Waals surface area contributed by atoms with Gasteiger partial charge in [-0.3, -0.25) is 0 Å². The average Bonchev–Trinajstić information content (AvgIpc) is 2.41. The van der Waals surface area contributed by atoms with E-state index in [9.17, 15) is 4.79 Å². The van der Waals surface area contributed by atoms with Gasteiger partial charge in [0, 0.05) is 11.1 Å². The Hall–Kier alpha value is -1.22. The molecule has 1 saturated carbocycles. The average molecular weight is 282 g/mol. The van der Waals surface area contributed by atoms with Crippen LogP contribution >= 0.6 is 11.6 Å². The Morgan fingerprint density at radius 3 is 2.79 bits per heavy atom. The van der Waals surface area contributed by atoms with Gasteiger partial charge in [-0.15, -0.1) is 0 Å². The van der Waals surface area contributed by atoms with Crippen molar-refractivity contribution in [2.45, 2.75) is 38.6 Å². The van der Waals surface area contributed by atoms with Gasteiger partial charge in [0.2, 0.25) is 0 Å². The highest BCUT2D eigenvalue weighted by atomic mass is 35.5. The molecule has 1 N–H and O–H groups in total. The van der Waals surface area contributed by atoms with E-state index in [1.54, 1.807) is 18.2 Å². The zero-order valence-corrected chi connectivity index (χ0v) is 12.2. The Labute approximate surface area is 119 Å². The van der Waals surface area contributed by atoms with Gasteiger partial charge in [-0.05, 0) is 37.0 Å². The number of rotatable bonds is 3. The van der Waals surface area contributed by atoms with Gasteiger partial charge in [0.05, 0.1) is 18.4 Å². The van der Waals surface area contributed by atoms with Crippen LogP contribution in [0.5, 0.6) is 0 Å². The second-order valence-corrected chi connectivity index (χ2v) is 5.63. The topological polar surface area (TPSA) is 38.3 Å². The highest BCUT2D eigenvalue weighted by Gasteiger charge is 2.23. The number of hydrogen-bond acceptors (Lipinski definition) is 3. The van der Waals surface area contributed by atoms with E-state index in [1.807, 2.05) is 0 Å². The molecule has 1 aliphatic rings. The molecule has 104 valence electrons. The molecule has 0 bridgehead atoms. The quantitative estimate of drug-likeness (QED) is 0.847. The van der Waals surface area contributed by atoms with Crippen LogP contribution in [0.15, 0.2) is 18.2 Å². The smallest absolute Gasteiger partial charge is 0.339 e. The van der Waals surface area contributed by atoms with Crippen molar-refractivity contribution >= 4 is 23.3 Å². The van der Waals surface area contributed by atoms with Crippen LogP contribution in [0.25, 0.3) is 0 Å². The molecule has 1 aromatic carbocycles. The highest BCUT2D eigenvalue weighted by molar-refractivity contribution is 6.31. The van der Waals surface area contributed by atoms with E-state index in [-0.39, 0.29) is 5.97 Å². The zero-order chi connectivity index (χ0) is 13.8. The van der Waals surface area contributed by atoms with E-state index >= 15 is 0 Å². The van der Waals surface area contributed by atoms with Crippen molar-refractivity contribution < 1.29 is 9.53 Å². The monoisotopic (exact) mass is 281 g/mol. The maximum absolute atomic E-state index is 11.8. The molecule has 0 saturated heterocycles. The van der Waals surface area contributed by atoms with Crippen molar-refractivity contribution in [2.24, 2.45) is 5.92 Å². The number of anilines is 1. The van der Waals surface area contributed by atoms with Gasteiger partial charge >= 0.3 is 5.97 Å². The number of benzene rings is 1. The first-order valence-electron chi connectivity index (χ1n) is 6.76. The number of carbonyl (C=O) groups is 1. The molecule has 1 aliphatic carbocycles. The van der Waals surface area contributed by atoms with E-state index in [4.69, 9.17) is 16.3 Å². The summed E-state index contributed by atoms with van der Waals surface area (Å²) in [5, 5.41) is 4.09. The van der Waals surface area contributed by atoms with Crippen LogP contribution in [0.3, 0.4) is 0 Å². The number of nitrogens with one attached hydrogen (secondary N) is 1. The summed E-state index contributed by atoms with van der Waals surface area (Å²) in [6.07, 6.45) is 4.88. The summed E-state index contributed by atoms with van der Waals surface area (Å²) in [5.41, 5.74) is 1.32. The SMILES string of the molecule is COC(=O)c1ccc(Cl)cc1NC1CCCCC1C. The number of methoxy groups -OCH3 is 1. The van der Waals surface area contributed by atoms with Gasteiger partial charge < -0.3 is 10.1 Å². The number of hydrogen-bond donors (Lipinski definition) is 1. The van der Waals surface area contributed by atoms with Crippen LogP contribution in [0, 0.1) is 5.92 Å². The molecule has 0 amide bonds. The Balaban J connectivity index is 2.22. The first-order chi connectivity index (χ1) is 9.11. The largest absolute Gasteiger partial charge is 0.465 e. The van der Waals surface area contributed by atoms with E-state index < -0.39 is 0 Å². The summed E-state index contributed by atoms with van der Waals surface area (Å²) in [6.45, 7) is 2.25. The van der Waals surface area contributed by atoms with Crippen molar-refractivity contribution in [3.63, 3.8) is 0 Å². The van der Waals surface area contributed by atoms with Gasteiger partial charge in [0.15, 0.2) is 0 Å². The molecule has 1 fully saturated rings. The fourth-order valence-corrected chi connectivity index (χ4v) is 2.83. The van der Waals surface area contributed by atoms with E-state index in [0.29, 0.717) is 22.5 Å². The minimum Gasteiger partial charge on any atom is -0.465 e. The number of ether oxygens (including phenoxy) is 1. The van der Waals surface area contributed by atoms with Crippen LogP contribution in [0.4, 0.5) is 5.69 Å². The van der Waals surface area contributed by atoms with Crippen molar-refractivity contribution in [2.75, 3.05) is 12.4 Å². The van der Waals surface area contributed by atoms with E-state index in [2.05, 4.69) is 12.2 Å². The van der Waals surface area contributed by atoms with Gasteiger partial charge in [-0.25, -0.2) is 4.79 Å². The molecule has 2 atom stereocenters. The molecular weight excluding hydrogens is 262 g/mol. The van der Waals surface area contributed by atoms with Crippen molar-refractivity contribution in [3.8, 4) is 0 Å². The first kappa shape index (κ1) is 14.2. The Kier molecular flexibility index (Phi) is 4.70. The Morgan fingerprint density at radius 2 is 2.11 bits per heavy atom. The molecular formula is C15H20ClNO2. The maximum atomic E-state index is 11.8. The minimum absolute atomic E-state index is 0.331. The molecule has 2 unspecified atom stereocenters. The molecule has 0 heterocycles. The third kappa shape index (κ3) is 3.41. The number of carbonyl (C=O) groups excluding carboxylic acids is 1. The predicted octanol–water partition coefficient (Wildman–Crippen LogP) is 4.12. The van der Waals surface area contributed by atoms with Crippen molar-refractivity contribution in [1.29, 1.82) is 0 Å². The molecule has 19 heavy (non-hydrogen) atoms. The van der Waals surface area contributed by atoms with Gasteiger partial charge in [-0.1, -0.05) is 31.4 Å². The molecule has 1 aromatic rings. The van der Waals surface area contributed by atoms with E-state index in [1.165, 1.54) is 26.4 Å². The predicted molar refractivity (Wildman–Crippen MR) is 77.8 cm³/mol. The number of esters is 1. The van der Waals surface area contributed by atoms with Gasteiger partial charge in [-0.2, -0.15) is 0 Å². The molecule has 3 nitrogen and oxygen atoms in total. The zero-order valence-electron chi connectivity index (χ0n) is 11.4. The third-order valence-electron chi connectivity index (χ3n) is 3.84. The first-order valence-corrected chi connectivity index (χ1v) is 7.14. The summed E-state index contributed by atoms with van der Waals surface area (Å²) < 4.78 is 4.81. The maximum Gasteiger partial charge on any atom is 0.339 e. The summed E-state index contributed by atoms with van der Waals surface area (Å²) in [5.74, 6) is 0.279. The Bertz CT molecular complexity index is 461. The van der Waals surface area contributed by atoms with Crippen LogP contribution < -0.4 is 5.32 Å². The van der Waals surface area contributed by atoms with Crippen LogP contribution in [0.1, 0.15) is 43.0 Å². The fraction of sp³-hybridized carbons (Fsp3) is 0.533. The molecule has 0 aliphatic heterocycles. The van der Waals surface area contributed by atoms with Crippen LogP contribution in [-0.4, -0.2) is 19.1 Å². The number of halogens is 1. The minimum atomic E-state index is -0.331. The lowest BCUT2D eigenvalue weighted by atomic mass is 9.85. The lowest BCUT2D eigenvalue weighted by Crippen LogP contribution is -2.31. The Morgan fingerprint density at radius 1 is 1.37 bits per heavy atom. The van der Waals surface area contributed by atoms with Crippen molar-refractivity contribution in [3.05, 3.63) is 28.8 Å². The van der Waals surface area contributed by atoms with E-state index in [0.717, 1.165) is 12.1 Å². The molecule has 2 rings (SSSR count). The standard InChI is InChI=1S/C15H20ClNO2/c1-10-5-3-4-6-13(10)17-14-9-11(16)7-8-12(14)15(18)19-2/h7-10,13,17H,3-6H2,1-2H3. The molecule has 4 heteroatoms. The second-order valence-electron chi connectivity index (χ2n) is 5.19. The van der Waals surface area contributed by atoms with Crippen LogP contribution in [-0.2, 0) is 4.74 Å². The van der Waals surface area contributed by atoms with Gasteiger partial charge in [0.25, 0.3) is 0 Å². The third-order valence-corrected chi connectivity index (χ3v) is 4.07. The normalized spacial score (nSPS) is 22.9. The highest BCUT2D eigenvalue weighted by Crippen LogP contribution is 2.29. The molecule has 0 spiro atoms. The summed E-state index contributed by atoms with van der Waals surface area (Å²) in [7, 11) is 1.39. The molecule has 0 radical (unpaired) electrons. The lowest BCUT2D eigenvalue weighted by molar-refractivity contribution is 0.0601.